The van der Waals surface area contributed by atoms with Gasteiger partial charge in [-0.2, -0.15) is 5.10 Å². The van der Waals surface area contributed by atoms with E-state index in [1.807, 2.05) is 28.9 Å². The zero-order valence-electron chi connectivity index (χ0n) is 15.1. The van der Waals surface area contributed by atoms with Crippen molar-refractivity contribution in [2.75, 3.05) is 19.0 Å². The average Bonchev–Trinajstić information content (AvgIpc) is 2.83. The number of nitrogens with one attached hydrogen (secondary N) is 1. The zero-order chi connectivity index (χ0) is 18.8. The van der Waals surface area contributed by atoms with Crippen LogP contribution in [0.4, 0.5) is 5.82 Å². The lowest BCUT2D eigenvalue weighted by atomic mass is 10.0. The zero-order valence-corrected chi connectivity index (χ0v) is 16.6. The summed E-state index contributed by atoms with van der Waals surface area (Å²) in [6.07, 6.45) is 4.09. The predicted octanol–water partition coefficient (Wildman–Crippen LogP) is 5.53. The molecule has 0 bridgehead atoms. The van der Waals surface area contributed by atoms with Gasteiger partial charge in [-0.3, -0.25) is 0 Å². The Balaban J connectivity index is 1.76. The van der Waals surface area contributed by atoms with Crippen molar-refractivity contribution in [3.05, 3.63) is 69.3 Å². The first kappa shape index (κ1) is 18.2. The maximum Gasteiger partial charge on any atom is 0.133 e. The van der Waals surface area contributed by atoms with Crippen LogP contribution in [-0.2, 0) is 12.8 Å². The van der Waals surface area contributed by atoms with Gasteiger partial charge >= 0.3 is 0 Å². The fourth-order valence-corrected chi connectivity index (χ4v) is 4.02. The van der Waals surface area contributed by atoms with Crippen molar-refractivity contribution in [3.8, 4) is 11.4 Å². The Morgan fingerprint density at radius 2 is 1.81 bits per heavy atom. The van der Waals surface area contributed by atoms with E-state index in [2.05, 4.69) is 17.4 Å². The van der Waals surface area contributed by atoms with E-state index >= 15 is 0 Å². The van der Waals surface area contributed by atoms with E-state index in [1.165, 1.54) is 11.1 Å². The summed E-state index contributed by atoms with van der Waals surface area (Å²) >= 11 is 12.4. The SMILES string of the molecule is COc1ccc(Cc2nn(-c3cc(Cl)cc(Cl)c3)c3c2CCCCN3)cc1. The fourth-order valence-electron chi connectivity index (χ4n) is 3.50. The quantitative estimate of drug-likeness (QED) is 0.624. The lowest BCUT2D eigenvalue weighted by Gasteiger charge is -2.10. The van der Waals surface area contributed by atoms with Crippen LogP contribution in [0.5, 0.6) is 5.75 Å². The molecule has 4 nitrogen and oxygen atoms in total. The van der Waals surface area contributed by atoms with E-state index in [9.17, 15) is 0 Å². The number of halogens is 2. The summed E-state index contributed by atoms with van der Waals surface area (Å²) < 4.78 is 7.20. The summed E-state index contributed by atoms with van der Waals surface area (Å²) in [6, 6.07) is 13.7. The molecule has 0 saturated heterocycles. The van der Waals surface area contributed by atoms with Crippen molar-refractivity contribution >= 4 is 29.0 Å². The molecule has 0 radical (unpaired) electrons. The average molecular weight is 402 g/mol. The first-order chi connectivity index (χ1) is 13.1. The molecule has 1 aliphatic rings. The molecule has 0 saturated carbocycles. The summed E-state index contributed by atoms with van der Waals surface area (Å²) in [7, 11) is 1.68. The van der Waals surface area contributed by atoms with Crippen molar-refractivity contribution in [2.45, 2.75) is 25.7 Å². The molecular formula is C21H21Cl2N3O. The van der Waals surface area contributed by atoms with Crippen LogP contribution in [-0.4, -0.2) is 23.4 Å². The van der Waals surface area contributed by atoms with Crippen LogP contribution in [0.25, 0.3) is 5.69 Å². The van der Waals surface area contributed by atoms with Crippen molar-refractivity contribution < 1.29 is 4.74 Å². The van der Waals surface area contributed by atoms with Crippen molar-refractivity contribution in [3.63, 3.8) is 0 Å². The normalized spacial score (nSPS) is 13.6. The molecule has 0 amide bonds. The minimum Gasteiger partial charge on any atom is -0.497 e. The minimum absolute atomic E-state index is 0.604. The molecule has 0 unspecified atom stereocenters. The highest BCUT2D eigenvalue weighted by Crippen LogP contribution is 2.31. The second kappa shape index (κ2) is 7.83. The Hall–Kier alpha value is -2.17. The topological polar surface area (TPSA) is 39.1 Å². The molecule has 27 heavy (non-hydrogen) atoms. The highest BCUT2D eigenvalue weighted by molar-refractivity contribution is 6.34. The summed E-state index contributed by atoms with van der Waals surface area (Å²) in [5.74, 6) is 1.91. The number of rotatable bonds is 4. The number of anilines is 1. The number of benzene rings is 2. The number of hydrogen-bond donors (Lipinski definition) is 1. The Morgan fingerprint density at radius 1 is 1.07 bits per heavy atom. The van der Waals surface area contributed by atoms with E-state index < -0.39 is 0 Å². The van der Waals surface area contributed by atoms with Gasteiger partial charge in [-0.05, 0) is 55.2 Å². The van der Waals surface area contributed by atoms with E-state index in [4.69, 9.17) is 33.0 Å². The van der Waals surface area contributed by atoms with Crippen LogP contribution in [0.2, 0.25) is 10.0 Å². The standard InChI is InChI=1S/C21H21Cl2N3O/c1-27-18-7-5-14(6-8-18)10-20-19-4-2-3-9-24-21(19)26(25-20)17-12-15(22)11-16(23)13-17/h5-8,11-13,24H,2-4,9-10H2,1H3. The molecule has 140 valence electrons. The molecule has 3 aromatic rings. The first-order valence-electron chi connectivity index (χ1n) is 9.08. The Labute approximate surface area is 169 Å². The van der Waals surface area contributed by atoms with Crippen LogP contribution in [0, 0.1) is 0 Å². The fraction of sp³-hybridized carbons (Fsp3) is 0.286. The van der Waals surface area contributed by atoms with E-state index in [0.29, 0.717) is 10.0 Å². The molecule has 0 aliphatic carbocycles. The number of methoxy groups -OCH3 is 1. The van der Waals surface area contributed by atoms with Crippen molar-refractivity contribution in [1.29, 1.82) is 0 Å². The van der Waals surface area contributed by atoms with Gasteiger partial charge in [0.15, 0.2) is 0 Å². The maximum atomic E-state index is 6.22. The lowest BCUT2D eigenvalue weighted by Crippen LogP contribution is -2.07. The number of nitrogens with zero attached hydrogens (tertiary/aromatic N) is 2. The second-order valence-corrected chi connectivity index (χ2v) is 7.59. The highest BCUT2D eigenvalue weighted by Gasteiger charge is 2.21. The Kier molecular flexibility index (Phi) is 5.28. The third kappa shape index (κ3) is 3.92. The van der Waals surface area contributed by atoms with E-state index in [1.54, 1.807) is 13.2 Å². The molecule has 1 N–H and O–H groups in total. The van der Waals surface area contributed by atoms with Crippen LogP contribution in [0.3, 0.4) is 0 Å². The molecular weight excluding hydrogens is 381 g/mol. The lowest BCUT2D eigenvalue weighted by molar-refractivity contribution is 0.414. The minimum atomic E-state index is 0.604. The smallest absolute Gasteiger partial charge is 0.133 e. The molecule has 0 fully saturated rings. The van der Waals surface area contributed by atoms with Gasteiger partial charge in [0.2, 0.25) is 0 Å². The van der Waals surface area contributed by atoms with Gasteiger partial charge in [-0.15, -0.1) is 0 Å². The van der Waals surface area contributed by atoms with Crippen LogP contribution in [0.1, 0.15) is 29.7 Å². The molecule has 6 heteroatoms. The van der Waals surface area contributed by atoms with Crippen molar-refractivity contribution in [1.82, 2.24) is 9.78 Å². The van der Waals surface area contributed by atoms with Gasteiger partial charge in [0, 0.05) is 28.6 Å². The second-order valence-electron chi connectivity index (χ2n) is 6.72. The maximum absolute atomic E-state index is 6.22. The third-order valence-corrected chi connectivity index (χ3v) is 5.27. The van der Waals surface area contributed by atoms with Gasteiger partial charge in [0.25, 0.3) is 0 Å². The number of fused-ring (bicyclic) bond motifs is 1. The summed E-state index contributed by atoms with van der Waals surface area (Å²) in [5, 5.41) is 9.69. The molecule has 0 atom stereocenters. The highest BCUT2D eigenvalue weighted by atomic mass is 35.5. The molecule has 0 spiro atoms. The van der Waals surface area contributed by atoms with Crippen LogP contribution < -0.4 is 10.1 Å². The van der Waals surface area contributed by atoms with Gasteiger partial charge in [0.05, 0.1) is 18.5 Å². The number of aromatic nitrogens is 2. The molecule has 1 aliphatic heterocycles. The molecule has 2 heterocycles. The number of ether oxygens (including phenoxy) is 1. The molecule has 2 aromatic carbocycles. The molecule has 4 rings (SSSR count). The largest absolute Gasteiger partial charge is 0.497 e. The van der Waals surface area contributed by atoms with E-state index in [-0.39, 0.29) is 0 Å². The van der Waals surface area contributed by atoms with Crippen molar-refractivity contribution in [2.24, 2.45) is 0 Å². The van der Waals surface area contributed by atoms with Gasteiger partial charge in [-0.1, -0.05) is 35.3 Å². The molecule has 1 aromatic heterocycles. The summed E-state index contributed by atoms with van der Waals surface area (Å²) in [6.45, 7) is 0.939. The predicted molar refractivity (Wildman–Crippen MR) is 111 cm³/mol. The first-order valence-corrected chi connectivity index (χ1v) is 9.83. The summed E-state index contributed by atoms with van der Waals surface area (Å²) in [5.41, 5.74) is 4.44. The van der Waals surface area contributed by atoms with E-state index in [0.717, 1.165) is 55.2 Å². The summed E-state index contributed by atoms with van der Waals surface area (Å²) in [4.78, 5) is 0. The Bertz CT molecular complexity index is 931. The van der Waals surface area contributed by atoms with Crippen LogP contribution >= 0.6 is 23.2 Å². The van der Waals surface area contributed by atoms with Gasteiger partial charge in [0.1, 0.15) is 11.6 Å². The Morgan fingerprint density at radius 3 is 2.52 bits per heavy atom. The van der Waals surface area contributed by atoms with Gasteiger partial charge in [-0.25, -0.2) is 4.68 Å². The van der Waals surface area contributed by atoms with Gasteiger partial charge < -0.3 is 10.1 Å². The monoisotopic (exact) mass is 401 g/mol. The van der Waals surface area contributed by atoms with Crippen LogP contribution in [0.15, 0.2) is 42.5 Å². The number of hydrogen-bond acceptors (Lipinski definition) is 3. The third-order valence-electron chi connectivity index (χ3n) is 4.84.